The maximum Gasteiger partial charge on any atom is 0.264 e. The van der Waals surface area contributed by atoms with Crippen LogP contribution in [0.15, 0.2) is 110 Å². The van der Waals surface area contributed by atoms with Crippen LogP contribution in [0, 0.1) is 0 Å². The van der Waals surface area contributed by atoms with Gasteiger partial charge < -0.3 is 9.47 Å². The summed E-state index contributed by atoms with van der Waals surface area (Å²) in [5, 5.41) is 4.66. The fourth-order valence-corrected chi connectivity index (χ4v) is 6.22. The molecule has 4 aromatic carbocycles. The monoisotopic (exact) mass is 719 g/mol. The zero-order valence-corrected chi connectivity index (χ0v) is 26.4. The maximum atomic E-state index is 13.4. The van der Waals surface area contributed by atoms with Gasteiger partial charge in [-0.3, -0.25) is 9.10 Å². The average Bonchev–Trinajstić information content (AvgIpc) is 2.96. The average molecular weight is 722 g/mol. The molecule has 212 valence electrons. The van der Waals surface area contributed by atoms with Crippen molar-refractivity contribution < 1.29 is 22.7 Å². The highest BCUT2D eigenvalue weighted by molar-refractivity contribution is 9.10. The number of methoxy groups -OCH3 is 1. The number of hydrogen-bond donors (Lipinski definition) is 1. The summed E-state index contributed by atoms with van der Waals surface area (Å²) in [6, 6.07) is 25.4. The van der Waals surface area contributed by atoms with E-state index >= 15 is 0 Å². The predicted molar refractivity (Wildman–Crippen MR) is 167 cm³/mol. The molecule has 0 aliphatic carbocycles. The number of halogens is 3. The summed E-state index contributed by atoms with van der Waals surface area (Å²) in [4.78, 5) is 12.9. The van der Waals surface area contributed by atoms with E-state index in [0.29, 0.717) is 43.3 Å². The first-order valence-electron chi connectivity index (χ1n) is 12.1. The van der Waals surface area contributed by atoms with E-state index in [1.165, 1.54) is 25.5 Å². The van der Waals surface area contributed by atoms with Crippen LogP contribution >= 0.6 is 43.5 Å². The molecule has 8 nitrogen and oxygen atoms in total. The Morgan fingerprint density at radius 3 is 2.41 bits per heavy atom. The third-order valence-electron chi connectivity index (χ3n) is 5.67. The summed E-state index contributed by atoms with van der Waals surface area (Å²) >= 11 is 12.8. The SMILES string of the molecule is COc1cc(/C=N\NC(=O)CN(c2cccc(Br)c2)S(=O)(=O)c2ccccc2)cc(Br)c1OCc1ccc(Cl)cc1. The van der Waals surface area contributed by atoms with Crippen molar-refractivity contribution in [2.45, 2.75) is 11.5 Å². The number of hydrogen-bond acceptors (Lipinski definition) is 6. The molecule has 1 amide bonds. The van der Waals surface area contributed by atoms with Crippen LogP contribution in [-0.2, 0) is 21.4 Å². The fourth-order valence-electron chi connectivity index (χ4n) is 3.70. The van der Waals surface area contributed by atoms with E-state index in [-0.39, 0.29) is 4.90 Å². The smallest absolute Gasteiger partial charge is 0.264 e. The van der Waals surface area contributed by atoms with Gasteiger partial charge in [0.15, 0.2) is 11.5 Å². The number of ether oxygens (including phenoxy) is 2. The molecular weight excluding hydrogens is 698 g/mol. The minimum atomic E-state index is -4.03. The number of carbonyl (C=O) groups excluding carboxylic acids is 1. The zero-order valence-electron chi connectivity index (χ0n) is 21.6. The van der Waals surface area contributed by atoms with Crippen molar-refractivity contribution >= 4 is 71.3 Å². The summed E-state index contributed by atoms with van der Waals surface area (Å²) in [6.45, 7) is -0.189. The Kier molecular flexibility index (Phi) is 10.4. The van der Waals surface area contributed by atoms with Crippen molar-refractivity contribution in [1.29, 1.82) is 0 Å². The van der Waals surface area contributed by atoms with Crippen LogP contribution in [0.1, 0.15) is 11.1 Å². The van der Waals surface area contributed by atoms with E-state index < -0.39 is 22.5 Å². The lowest BCUT2D eigenvalue weighted by atomic mass is 10.2. The Bertz CT molecular complexity index is 1650. The highest BCUT2D eigenvalue weighted by Crippen LogP contribution is 2.37. The highest BCUT2D eigenvalue weighted by atomic mass is 79.9. The van der Waals surface area contributed by atoms with E-state index in [2.05, 4.69) is 42.4 Å². The molecule has 0 aliphatic rings. The summed E-state index contributed by atoms with van der Waals surface area (Å²) in [5.74, 6) is 0.324. The number of nitrogens with zero attached hydrogens (tertiary/aromatic N) is 2. The number of rotatable bonds is 11. The van der Waals surface area contributed by atoms with Crippen molar-refractivity contribution in [3.05, 3.63) is 116 Å². The molecule has 0 radical (unpaired) electrons. The van der Waals surface area contributed by atoms with Gasteiger partial charge >= 0.3 is 0 Å². The summed E-state index contributed by atoms with van der Waals surface area (Å²) in [5.41, 5.74) is 4.27. The Labute approximate surface area is 260 Å². The van der Waals surface area contributed by atoms with Gasteiger partial charge in [0.1, 0.15) is 13.2 Å². The van der Waals surface area contributed by atoms with Gasteiger partial charge in [-0.1, -0.05) is 63.9 Å². The van der Waals surface area contributed by atoms with E-state index in [1.807, 2.05) is 12.1 Å². The maximum absolute atomic E-state index is 13.4. The number of benzene rings is 4. The van der Waals surface area contributed by atoms with E-state index in [1.54, 1.807) is 66.7 Å². The van der Waals surface area contributed by atoms with Crippen LogP contribution < -0.4 is 19.2 Å². The molecule has 0 saturated heterocycles. The van der Waals surface area contributed by atoms with E-state index in [4.69, 9.17) is 21.1 Å². The molecule has 4 rings (SSSR count). The lowest BCUT2D eigenvalue weighted by molar-refractivity contribution is -0.119. The minimum Gasteiger partial charge on any atom is -0.493 e. The first-order chi connectivity index (χ1) is 19.7. The minimum absolute atomic E-state index is 0.0617. The Hall–Kier alpha value is -3.38. The van der Waals surface area contributed by atoms with Crippen LogP contribution in [-0.4, -0.2) is 34.2 Å². The Morgan fingerprint density at radius 2 is 1.73 bits per heavy atom. The van der Waals surface area contributed by atoms with Crippen LogP contribution in [0.2, 0.25) is 5.02 Å². The fraction of sp³-hybridized carbons (Fsp3) is 0.103. The van der Waals surface area contributed by atoms with Crippen molar-refractivity contribution in [3.63, 3.8) is 0 Å². The third kappa shape index (κ3) is 8.10. The van der Waals surface area contributed by atoms with Gasteiger partial charge in [0.2, 0.25) is 0 Å². The first kappa shape index (κ1) is 30.6. The second-order valence-electron chi connectivity index (χ2n) is 8.55. The molecule has 4 aromatic rings. The number of anilines is 1. The van der Waals surface area contributed by atoms with Gasteiger partial charge in [0.25, 0.3) is 15.9 Å². The Morgan fingerprint density at radius 1 is 1.00 bits per heavy atom. The number of sulfonamides is 1. The molecule has 0 atom stereocenters. The van der Waals surface area contributed by atoms with Gasteiger partial charge in [-0.2, -0.15) is 5.10 Å². The quantitative estimate of drug-likeness (QED) is 0.136. The number of carbonyl (C=O) groups is 1. The summed E-state index contributed by atoms with van der Waals surface area (Å²) in [7, 11) is -2.52. The molecule has 0 heterocycles. The van der Waals surface area contributed by atoms with Crippen LogP contribution in [0.5, 0.6) is 11.5 Å². The first-order valence-corrected chi connectivity index (χ1v) is 15.5. The van der Waals surface area contributed by atoms with Crippen molar-refractivity contribution in [2.75, 3.05) is 18.0 Å². The third-order valence-corrected chi connectivity index (χ3v) is 8.79. The van der Waals surface area contributed by atoms with E-state index in [0.717, 1.165) is 9.87 Å². The van der Waals surface area contributed by atoms with Crippen LogP contribution in [0.25, 0.3) is 0 Å². The van der Waals surface area contributed by atoms with Crippen molar-refractivity contribution in [2.24, 2.45) is 5.10 Å². The lowest BCUT2D eigenvalue weighted by Crippen LogP contribution is -2.39. The van der Waals surface area contributed by atoms with Gasteiger partial charge in [0, 0.05) is 9.50 Å². The number of nitrogens with one attached hydrogen (secondary N) is 1. The molecule has 0 spiro atoms. The molecule has 0 aliphatic heterocycles. The molecule has 12 heteroatoms. The molecule has 0 aromatic heterocycles. The molecule has 0 unspecified atom stereocenters. The summed E-state index contributed by atoms with van der Waals surface area (Å²) in [6.07, 6.45) is 1.42. The van der Waals surface area contributed by atoms with Gasteiger partial charge in [-0.25, -0.2) is 13.8 Å². The normalized spacial score (nSPS) is 11.3. The second-order valence-corrected chi connectivity index (χ2v) is 12.6. The highest BCUT2D eigenvalue weighted by Gasteiger charge is 2.27. The molecule has 41 heavy (non-hydrogen) atoms. The number of hydrazone groups is 1. The molecule has 0 saturated carbocycles. The molecule has 1 N–H and O–H groups in total. The predicted octanol–water partition coefficient (Wildman–Crippen LogP) is 6.80. The van der Waals surface area contributed by atoms with Gasteiger partial charge in [0.05, 0.1) is 28.4 Å². The lowest BCUT2D eigenvalue weighted by Gasteiger charge is -2.23. The molecule has 0 fully saturated rings. The number of amides is 1. The van der Waals surface area contributed by atoms with Crippen LogP contribution in [0.3, 0.4) is 0 Å². The molecular formula is C29H24Br2ClN3O5S. The van der Waals surface area contributed by atoms with Crippen molar-refractivity contribution in [1.82, 2.24) is 5.43 Å². The van der Waals surface area contributed by atoms with Gasteiger partial charge in [-0.05, 0) is 81.7 Å². The van der Waals surface area contributed by atoms with Crippen molar-refractivity contribution in [3.8, 4) is 11.5 Å². The topological polar surface area (TPSA) is 97.3 Å². The zero-order chi connectivity index (χ0) is 29.4. The summed E-state index contributed by atoms with van der Waals surface area (Å²) < 4.78 is 40.6. The Balaban J connectivity index is 1.47. The second kappa shape index (κ2) is 14.0. The molecule has 0 bridgehead atoms. The largest absolute Gasteiger partial charge is 0.493 e. The van der Waals surface area contributed by atoms with Crippen LogP contribution in [0.4, 0.5) is 5.69 Å². The standard InChI is InChI=1S/C29H24Br2ClN3O5S/c1-39-27-15-21(14-26(31)29(27)40-19-20-10-12-23(32)13-11-20)17-33-34-28(36)18-35(24-7-5-6-22(30)16-24)41(37,38)25-8-3-2-4-9-25/h2-17H,18-19H2,1H3,(H,34,36)/b33-17-. The van der Waals surface area contributed by atoms with E-state index in [9.17, 15) is 13.2 Å². The van der Waals surface area contributed by atoms with Gasteiger partial charge in [-0.15, -0.1) is 0 Å².